The molecular formula is C24H28Cl2N4O2. The highest BCUT2D eigenvalue weighted by atomic mass is 35.5. The Balaban J connectivity index is 1.65. The minimum Gasteiger partial charge on any atom is -0.444 e. The number of imidazole rings is 1. The van der Waals surface area contributed by atoms with Crippen LogP contribution < -0.4 is 4.90 Å². The molecule has 1 aliphatic heterocycles. The molecule has 0 bridgehead atoms. The predicted molar refractivity (Wildman–Crippen MR) is 130 cm³/mol. The Morgan fingerprint density at radius 1 is 1.09 bits per heavy atom. The van der Waals surface area contributed by atoms with Gasteiger partial charge in [-0.05, 0) is 52.0 Å². The van der Waals surface area contributed by atoms with Gasteiger partial charge in [-0.1, -0.05) is 41.4 Å². The summed E-state index contributed by atoms with van der Waals surface area (Å²) in [6, 6.07) is 13.7. The number of ether oxygens (including phenoxy) is 1. The Labute approximate surface area is 198 Å². The first-order valence-corrected chi connectivity index (χ1v) is 11.5. The topological polar surface area (TPSA) is 50.6 Å². The molecule has 0 spiro atoms. The number of carbonyl (C=O) groups excluding carboxylic acids is 1. The van der Waals surface area contributed by atoms with Gasteiger partial charge in [0.25, 0.3) is 0 Å². The van der Waals surface area contributed by atoms with Crippen molar-refractivity contribution in [1.82, 2.24) is 14.5 Å². The van der Waals surface area contributed by atoms with Crippen LogP contribution in [0.3, 0.4) is 0 Å². The predicted octanol–water partition coefficient (Wildman–Crippen LogP) is 5.84. The van der Waals surface area contributed by atoms with Crippen LogP contribution in [0, 0.1) is 0 Å². The van der Waals surface area contributed by atoms with Crippen LogP contribution in [0.1, 0.15) is 33.3 Å². The van der Waals surface area contributed by atoms with E-state index in [0.717, 1.165) is 22.5 Å². The standard InChI is InChI=1S/C24H28Cl2N4O2/c1-16-14-28(23(31)32-24(2,3)4)12-13-29(16)22-27-20-10-5-6-11-21(20)30(22)15-17-18(25)8-7-9-19(17)26/h5-11,16H,12-15H2,1-4H3/t16-/m0/s1. The lowest BCUT2D eigenvalue weighted by atomic mass is 10.2. The van der Waals surface area contributed by atoms with E-state index in [2.05, 4.69) is 22.5 Å². The normalized spacial score (nSPS) is 17.1. The SMILES string of the molecule is C[C@H]1CN(C(=O)OC(C)(C)C)CCN1c1nc2ccccc2n1Cc1c(Cl)cccc1Cl. The number of benzene rings is 2. The summed E-state index contributed by atoms with van der Waals surface area (Å²) in [6.45, 7) is 10.0. The van der Waals surface area contributed by atoms with Crippen molar-refractivity contribution in [3.63, 3.8) is 0 Å². The Morgan fingerprint density at radius 3 is 2.44 bits per heavy atom. The molecule has 3 aromatic rings. The number of amides is 1. The molecule has 170 valence electrons. The zero-order valence-electron chi connectivity index (χ0n) is 18.8. The van der Waals surface area contributed by atoms with Crippen LogP contribution in [0.2, 0.25) is 10.0 Å². The highest BCUT2D eigenvalue weighted by Gasteiger charge is 2.32. The van der Waals surface area contributed by atoms with Crippen LogP contribution in [0.15, 0.2) is 42.5 Å². The molecule has 0 radical (unpaired) electrons. The molecular weight excluding hydrogens is 447 g/mol. The third-order valence-electron chi connectivity index (χ3n) is 5.55. The highest BCUT2D eigenvalue weighted by molar-refractivity contribution is 6.36. The van der Waals surface area contributed by atoms with E-state index in [9.17, 15) is 4.79 Å². The first kappa shape index (κ1) is 22.7. The van der Waals surface area contributed by atoms with E-state index >= 15 is 0 Å². The first-order valence-electron chi connectivity index (χ1n) is 10.8. The van der Waals surface area contributed by atoms with E-state index in [1.54, 1.807) is 4.90 Å². The summed E-state index contributed by atoms with van der Waals surface area (Å²) >= 11 is 13.0. The molecule has 8 heteroatoms. The fraction of sp³-hybridized carbons (Fsp3) is 0.417. The van der Waals surface area contributed by atoms with Gasteiger partial charge in [0.1, 0.15) is 5.60 Å². The summed E-state index contributed by atoms with van der Waals surface area (Å²) < 4.78 is 7.72. The summed E-state index contributed by atoms with van der Waals surface area (Å²) in [5, 5.41) is 1.26. The van der Waals surface area contributed by atoms with Crippen molar-refractivity contribution < 1.29 is 9.53 Å². The largest absolute Gasteiger partial charge is 0.444 e. The quantitative estimate of drug-likeness (QED) is 0.478. The molecule has 1 aliphatic rings. The third-order valence-corrected chi connectivity index (χ3v) is 6.26. The molecule has 0 N–H and O–H groups in total. The van der Waals surface area contributed by atoms with Crippen LogP contribution in [-0.2, 0) is 11.3 Å². The van der Waals surface area contributed by atoms with Gasteiger partial charge in [0.05, 0.1) is 17.6 Å². The highest BCUT2D eigenvalue weighted by Crippen LogP contribution is 2.31. The van der Waals surface area contributed by atoms with Gasteiger partial charge in [-0.25, -0.2) is 9.78 Å². The fourth-order valence-corrected chi connectivity index (χ4v) is 4.54. The lowest BCUT2D eigenvalue weighted by molar-refractivity contribution is 0.0218. The van der Waals surface area contributed by atoms with Crippen molar-refractivity contribution >= 4 is 46.3 Å². The molecule has 1 saturated heterocycles. The number of fused-ring (bicyclic) bond motifs is 1. The number of rotatable bonds is 3. The zero-order chi connectivity index (χ0) is 23.0. The van der Waals surface area contributed by atoms with Crippen molar-refractivity contribution in [3.8, 4) is 0 Å². The molecule has 0 aliphatic carbocycles. The molecule has 1 atom stereocenters. The maximum absolute atomic E-state index is 12.6. The molecule has 2 aromatic carbocycles. The minimum absolute atomic E-state index is 0.0635. The first-order chi connectivity index (χ1) is 15.1. The summed E-state index contributed by atoms with van der Waals surface area (Å²) in [4.78, 5) is 21.5. The fourth-order valence-electron chi connectivity index (χ4n) is 4.03. The summed E-state index contributed by atoms with van der Waals surface area (Å²) in [5.74, 6) is 0.846. The Kier molecular flexibility index (Phi) is 6.28. The average Bonchev–Trinajstić information content (AvgIpc) is 3.07. The second-order valence-corrected chi connectivity index (χ2v) is 9.97. The van der Waals surface area contributed by atoms with Crippen LogP contribution in [0.5, 0.6) is 0 Å². The van der Waals surface area contributed by atoms with Crippen molar-refractivity contribution in [2.45, 2.75) is 45.9 Å². The van der Waals surface area contributed by atoms with Gasteiger partial charge < -0.3 is 19.1 Å². The van der Waals surface area contributed by atoms with E-state index in [4.69, 9.17) is 32.9 Å². The number of halogens is 2. The van der Waals surface area contributed by atoms with Gasteiger partial charge in [-0.15, -0.1) is 0 Å². The number of hydrogen-bond donors (Lipinski definition) is 0. The number of carbonyl (C=O) groups is 1. The van der Waals surface area contributed by atoms with Gasteiger partial charge in [0.15, 0.2) is 0 Å². The summed E-state index contributed by atoms with van der Waals surface area (Å²) in [5.41, 5.74) is 2.27. The van der Waals surface area contributed by atoms with E-state index in [0.29, 0.717) is 36.2 Å². The molecule has 1 fully saturated rings. The van der Waals surface area contributed by atoms with Gasteiger partial charge in [-0.3, -0.25) is 0 Å². The van der Waals surface area contributed by atoms with E-state index in [-0.39, 0.29) is 12.1 Å². The Morgan fingerprint density at radius 2 is 1.78 bits per heavy atom. The molecule has 1 amide bonds. The van der Waals surface area contributed by atoms with E-state index < -0.39 is 5.60 Å². The van der Waals surface area contributed by atoms with Gasteiger partial charge in [0, 0.05) is 41.3 Å². The smallest absolute Gasteiger partial charge is 0.410 e. The van der Waals surface area contributed by atoms with Crippen LogP contribution >= 0.6 is 23.2 Å². The number of piperazine rings is 1. The van der Waals surface area contributed by atoms with Crippen molar-refractivity contribution in [2.24, 2.45) is 0 Å². The van der Waals surface area contributed by atoms with Gasteiger partial charge in [0.2, 0.25) is 5.95 Å². The maximum atomic E-state index is 12.6. The van der Waals surface area contributed by atoms with E-state index in [1.807, 2.05) is 57.2 Å². The lowest BCUT2D eigenvalue weighted by Crippen LogP contribution is -2.55. The Bertz CT molecular complexity index is 1120. The van der Waals surface area contributed by atoms with Crippen LogP contribution in [-0.4, -0.2) is 51.8 Å². The number of aromatic nitrogens is 2. The second-order valence-electron chi connectivity index (χ2n) is 9.16. The number of nitrogens with zero attached hydrogens (tertiary/aromatic N) is 4. The second kappa shape index (κ2) is 8.83. The monoisotopic (exact) mass is 474 g/mol. The molecule has 4 rings (SSSR count). The van der Waals surface area contributed by atoms with Crippen molar-refractivity contribution in [1.29, 1.82) is 0 Å². The Hall–Kier alpha value is -2.44. The van der Waals surface area contributed by atoms with E-state index in [1.165, 1.54) is 0 Å². The molecule has 0 unspecified atom stereocenters. The maximum Gasteiger partial charge on any atom is 0.410 e. The lowest BCUT2D eigenvalue weighted by Gasteiger charge is -2.40. The van der Waals surface area contributed by atoms with Crippen molar-refractivity contribution in [3.05, 3.63) is 58.1 Å². The van der Waals surface area contributed by atoms with Gasteiger partial charge >= 0.3 is 6.09 Å². The molecule has 0 saturated carbocycles. The number of para-hydroxylation sites is 2. The number of hydrogen-bond acceptors (Lipinski definition) is 4. The molecule has 1 aromatic heterocycles. The third kappa shape index (κ3) is 4.66. The number of anilines is 1. The van der Waals surface area contributed by atoms with Crippen LogP contribution in [0.25, 0.3) is 11.0 Å². The summed E-state index contributed by atoms with van der Waals surface area (Å²) in [6.07, 6.45) is -0.277. The van der Waals surface area contributed by atoms with Crippen molar-refractivity contribution in [2.75, 3.05) is 24.5 Å². The summed E-state index contributed by atoms with van der Waals surface area (Å²) in [7, 11) is 0. The molecule has 32 heavy (non-hydrogen) atoms. The molecule has 2 heterocycles. The average molecular weight is 475 g/mol. The zero-order valence-corrected chi connectivity index (χ0v) is 20.3. The minimum atomic E-state index is -0.514. The van der Waals surface area contributed by atoms with Gasteiger partial charge in [-0.2, -0.15) is 0 Å². The molecule has 6 nitrogen and oxygen atoms in total. The van der Waals surface area contributed by atoms with Crippen LogP contribution in [0.4, 0.5) is 10.7 Å².